The van der Waals surface area contributed by atoms with Crippen LogP contribution in [0, 0.1) is 0 Å². The monoisotopic (exact) mass is 409 g/mol. The van der Waals surface area contributed by atoms with E-state index < -0.39 is 10.0 Å². The van der Waals surface area contributed by atoms with E-state index in [1.807, 2.05) is 0 Å². The molecule has 0 spiro atoms. The molecule has 27 heavy (non-hydrogen) atoms. The Kier molecular flexibility index (Phi) is 4.64. The minimum absolute atomic E-state index is 0.00315. The third kappa shape index (κ3) is 3.56. The summed E-state index contributed by atoms with van der Waals surface area (Å²) in [6.07, 6.45) is 0. The predicted octanol–water partition coefficient (Wildman–Crippen LogP) is 2.08. The Labute approximate surface area is 160 Å². The smallest absolute Gasteiger partial charge is 0.260 e. The number of aromatic amines is 1. The van der Waals surface area contributed by atoms with Gasteiger partial charge in [0.1, 0.15) is 11.3 Å². The van der Waals surface area contributed by atoms with E-state index in [9.17, 15) is 13.5 Å². The van der Waals surface area contributed by atoms with Crippen LogP contribution in [-0.2, 0) is 14.8 Å². The molecule has 0 unspecified atom stereocenters. The van der Waals surface area contributed by atoms with E-state index in [-0.39, 0.29) is 10.8 Å². The molecule has 0 atom stereocenters. The summed E-state index contributed by atoms with van der Waals surface area (Å²) in [7, 11) is -3.70. The zero-order valence-corrected chi connectivity index (χ0v) is 15.6. The molecule has 0 amide bonds. The fraction of sp³-hybridized carbons (Fsp3) is 0.250. The van der Waals surface area contributed by atoms with Crippen LogP contribution in [0.4, 0.5) is 11.6 Å². The second-order valence-electron chi connectivity index (χ2n) is 5.91. The molecule has 1 aromatic carbocycles. The third-order valence-electron chi connectivity index (χ3n) is 4.10. The number of sulfonamides is 1. The van der Waals surface area contributed by atoms with Gasteiger partial charge in [-0.1, -0.05) is 11.6 Å². The Hall–Kier alpha value is -2.40. The highest BCUT2D eigenvalue weighted by atomic mass is 35.5. The number of ether oxygens (including phenoxy) is 1. The van der Waals surface area contributed by atoms with Gasteiger partial charge in [-0.15, -0.1) is 0 Å². The highest BCUT2D eigenvalue weighted by Crippen LogP contribution is 2.29. The van der Waals surface area contributed by atoms with Crippen molar-refractivity contribution in [1.82, 2.24) is 19.3 Å². The van der Waals surface area contributed by atoms with Gasteiger partial charge in [-0.3, -0.25) is 0 Å². The van der Waals surface area contributed by atoms with Crippen molar-refractivity contribution in [1.29, 1.82) is 0 Å². The number of halogens is 1. The van der Waals surface area contributed by atoms with E-state index in [0.717, 1.165) is 0 Å². The molecule has 2 aromatic heterocycles. The zero-order valence-electron chi connectivity index (χ0n) is 14.0. The zero-order chi connectivity index (χ0) is 19.0. The van der Waals surface area contributed by atoms with Crippen LogP contribution >= 0.6 is 11.6 Å². The van der Waals surface area contributed by atoms with Crippen molar-refractivity contribution < 1.29 is 18.3 Å². The van der Waals surface area contributed by atoms with Gasteiger partial charge in [0.15, 0.2) is 10.7 Å². The summed E-state index contributed by atoms with van der Waals surface area (Å²) in [4.78, 5) is 11.4. The number of rotatable bonds is 4. The summed E-state index contributed by atoms with van der Waals surface area (Å²) in [5, 5.41) is 13.2. The topological polar surface area (TPSA) is 120 Å². The third-order valence-corrected chi connectivity index (χ3v) is 6.14. The Bertz CT molecular complexity index is 1100. The van der Waals surface area contributed by atoms with Gasteiger partial charge in [0.25, 0.3) is 10.0 Å². The molecule has 0 saturated carbocycles. The van der Waals surface area contributed by atoms with Crippen molar-refractivity contribution in [2.75, 3.05) is 31.6 Å². The molecule has 0 radical (unpaired) electrons. The number of anilines is 2. The summed E-state index contributed by atoms with van der Waals surface area (Å²) >= 11 is 5.93. The van der Waals surface area contributed by atoms with Crippen molar-refractivity contribution in [3.8, 4) is 5.75 Å². The number of hydrogen-bond acceptors (Lipinski definition) is 7. The van der Waals surface area contributed by atoms with Gasteiger partial charge in [0, 0.05) is 18.1 Å². The largest absolute Gasteiger partial charge is 0.506 e. The number of imidazole rings is 1. The molecule has 1 aliphatic rings. The van der Waals surface area contributed by atoms with E-state index in [1.165, 1.54) is 16.4 Å². The van der Waals surface area contributed by atoms with E-state index in [1.54, 1.807) is 18.2 Å². The van der Waals surface area contributed by atoms with Crippen molar-refractivity contribution in [2.24, 2.45) is 0 Å². The number of fused-ring (bicyclic) bond motifs is 1. The Morgan fingerprint density at radius 3 is 2.74 bits per heavy atom. The highest BCUT2D eigenvalue weighted by molar-refractivity contribution is 7.89. The molecule has 1 aliphatic heterocycles. The number of benzene rings is 1. The fourth-order valence-electron chi connectivity index (χ4n) is 2.73. The minimum Gasteiger partial charge on any atom is -0.506 e. The van der Waals surface area contributed by atoms with Gasteiger partial charge in [0.05, 0.1) is 18.9 Å². The normalized spacial score (nSPS) is 15.9. The van der Waals surface area contributed by atoms with E-state index in [2.05, 4.69) is 20.3 Å². The fourth-order valence-corrected chi connectivity index (χ4v) is 4.25. The lowest BCUT2D eigenvalue weighted by atomic mass is 10.3. The second-order valence-corrected chi connectivity index (χ2v) is 8.23. The van der Waals surface area contributed by atoms with Gasteiger partial charge in [0.2, 0.25) is 5.95 Å². The molecular formula is C16H16ClN5O4S. The molecule has 3 N–H and O–H groups in total. The van der Waals surface area contributed by atoms with Gasteiger partial charge >= 0.3 is 0 Å². The molecule has 142 valence electrons. The Morgan fingerprint density at radius 2 is 1.96 bits per heavy atom. The number of nitrogens with one attached hydrogen (secondary N) is 2. The van der Waals surface area contributed by atoms with Crippen LogP contribution in [0.1, 0.15) is 0 Å². The molecule has 3 aromatic rings. The first-order chi connectivity index (χ1) is 12.9. The highest BCUT2D eigenvalue weighted by Gasteiger charge is 2.28. The van der Waals surface area contributed by atoms with Gasteiger partial charge in [-0.25, -0.2) is 18.4 Å². The van der Waals surface area contributed by atoms with Crippen LogP contribution in [0.5, 0.6) is 5.75 Å². The van der Waals surface area contributed by atoms with Crippen LogP contribution in [0.15, 0.2) is 35.4 Å². The number of H-pyrrole nitrogens is 1. The lowest BCUT2D eigenvalue weighted by Gasteiger charge is -2.25. The lowest BCUT2D eigenvalue weighted by molar-refractivity contribution is 0.0729. The summed E-state index contributed by atoms with van der Waals surface area (Å²) in [5.74, 6) is 0.305. The van der Waals surface area contributed by atoms with E-state index in [4.69, 9.17) is 16.3 Å². The first kappa shape index (κ1) is 18.0. The lowest BCUT2D eigenvalue weighted by Crippen LogP contribution is -2.40. The maximum Gasteiger partial charge on any atom is 0.260 e. The maximum atomic E-state index is 12.7. The Morgan fingerprint density at radius 1 is 1.19 bits per heavy atom. The first-order valence-corrected chi connectivity index (χ1v) is 9.95. The Balaban J connectivity index is 1.65. The molecule has 11 heteroatoms. The van der Waals surface area contributed by atoms with E-state index >= 15 is 0 Å². The van der Waals surface area contributed by atoms with Crippen LogP contribution in [0.3, 0.4) is 0 Å². The summed E-state index contributed by atoms with van der Waals surface area (Å²) in [6, 6.07) is 7.57. The number of morpholine rings is 1. The van der Waals surface area contributed by atoms with Crippen LogP contribution in [0.2, 0.25) is 5.02 Å². The molecule has 4 rings (SSSR count). The maximum absolute atomic E-state index is 12.7. The van der Waals surface area contributed by atoms with Gasteiger partial charge < -0.3 is 20.1 Å². The number of phenols is 1. The van der Waals surface area contributed by atoms with Crippen molar-refractivity contribution in [2.45, 2.75) is 5.03 Å². The van der Waals surface area contributed by atoms with Crippen molar-refractivity contribution in [3.63, 3.8) is 0 Å². The van der Waals surface area contributed by atoms with Gasteiger partial charge in [-0.2, -0.15) is 4.31 Å². The van der Waals surface area contributed by atoms with Crippen molar-refractivity contribution >= 4 is 44.4 Å². The average molecular weight is 410 g/mol. The molecule has 1 fully saturated rings. The predicted molar refractivity (Wildman–Crippen MR) is 99.9 cm³/mol. The summed E-state index contributed by atoms with van der Waals surface area (Å²) < 4.78 is 32.0. The second kappa shape index (κ2) is 6.97. The van der Waals surface area contributed by atoms with E-state index in [0.29, 0.717) is 54.1 Å². The summed E-state index contributed by atoms with van der Waals surface area (Å²) in [5.41, 5.74) is 1.16. The molecule has 0 bridgehead atoms. The number of pyridine rings is 1. The summed E-state index contributed by atoms with van der Waals surface area (Å²) in [6.45, 7) is 1.32. The molecule has 1 saturated heterocycles. The number of aromatic hydroxyl groups is 1. The number of nitrogens with zero attached hydrogens (tertiary/aromatic N) is 3. The molecular weight excluding hydrogens is 394 g/mol. The van der Waals surface area contributed by atoms with Gasteiger partial charge in [-0.05, 0) is 30.3 Å². The van der Waals surface area contributed by atoms with Crippen LogP contribution < -0.4 is 5.32 Å². The standard InChI is InChI=1S/C16H16ClN5O4S/c17-10-1-3-13(23)12(9-10)19-16-18-11-2-4-14(20-15(11)21-16)27(24,25)22-5-7-26-8-6-22/h1-4,9,23H,5-8H2,(H2,18,19,20,21). The van der Waals surface area contributed by atoms with Crippen LogP contribution in [0.25, 0.3) is 11.2 Å². The molecule has 9 nitrogen and oxygen atoms in total. The quantitative estimate of drug-likeness (QED) is 0.564. The number of aromatic nitrogens is 3. The molecule has 0 aliphatic carbocycles. The average Bonchev–Trinajstić information content (AvgIpc) is 3.07. The SMILES string of the molecule is O=S(=O)(c1ccc2nc(Nc3cc(Cl)ccc3O)[nH]c2n1)N1CCOCC1. The van der Waals surface area contributed by atoms with Crippen molar-refractivity contribution in [3.05, 3.63) is 35.4 Å². The molecule has 3 heterocycles. The first-order valence-electron chi connectivity index (χ1n) is 8.14. The minimum atomic E-state index is -3.70. The van der Waals surface area contributed by atoms with Crippen LogP contribution in [-0.4, -0.2) is 59.1 Å². The number of hydrogen-bond donors (Lipinski definition) is 3. The number of phenolic OH excluding ortho intramolecular Hbond substituents is 1.